The Balaban J connectivity index is 2.01. The molecule has 0 radical (unpaired) electrons. The van der Waals surface area contributed by atoms with Crippen molar-refractivity contribution in [1.29, 1.82) is 0 Å². The van der Waals surface area contributed by atoms with Crippen LogP contribution in [0.1, 0.15) is 44.7 Å². The Kier molecular flexibility index (Phi) is 4.92. The van der Waals surface area contributed by atoms with Crippen molar-refractivity contribution in [2.45, 2.75) is 45.6 Å². The molecule has 1 amide bonds. The largest absolute Gasteiger partial charge is 0.374 e. The summed E-state index contributed by atoms with van der Waals surface area (Å²) in [4.78, 5) is 14.0. The third kappa shape index (κ3) is 3.41. The third-order valence-corrected chi connectivity index (χ3v) is 3.88. The topological polar surface area (TPSA) is 58.1 Å². The van der Waals surface area contributed by atoms with Crippen LogP contribution in [0.3, 0.4) is 0 Å². The first-order valence-electron chi connectivity index (χ1n) is 6.64. The summed E-state index contributed by atoms with van der Waals surface area (Å²) in [6, 6.07) is 0. The number of hydrogen-bond acceptors (Lipinski definition) is 5. The summed E-state index contributed by atoms with van der Waals surface area (Å²) < 4.78 is 3.96. The number of anilines is 1. The zero-order valence-electron chi connectivity index (χ0n) is 10.8. The fourth-order valence-electron chi connectivity index (χ4n) is 2.17. The number of likely N-dealkylation sites (tertiary alicyclic amines) is 1. The maximum absolute atomic E-state index is 12.0. The van der Waals surface area contributed by atoms with E-state index in [0.717, 1.165) is 36.6 Å². The van der Waals surface area contributed by atoms with Crippen molar-refractivity contribution >= 4 is 22.4 Å². The van der Waals surface area contributed by atoms with Gasteiger partial charge in [0.1, 0.15) is 10.7 Å². The summed E-state index contributed by atoms with van der Waals surface area (Å²) in [6.07, 6.45) is 5.19. The Morgan fingerprint density at radius 3 is 3.00 bits per heavy atom. The van der Waals surface area contributed by atoms with E-state index in [-0.39, 0.29) is 5.91 Å². The van der Waals surface area contributed by atoms with Crippen LogP contribution in [0.4, 0.5) is 5.00 Å². The van der Waals surface area contributed by atoms with Gasteiger partial charge >= 0.3 is 0 Å². The van der Waals surface area contributed by atoms with Crippen molar-refractivity contribution in [2.75, 3.05) is 18.4 Å². The zero-order valence-corrected chi connectivity index (χ0v) is 11.6. The lowest BCUT2D eigenvalue weighted by atomic mass is 10.1. The summed E-state index contributed by atoms with van der Waals surface area (Å²) in [7, 11) is 0. The fraction of sp³-hybridized carbons (Fsp3) is 0.750. The molecule has 1 saturated heterocycles. The number of carbonyl (C=O) groups excluding carboxylic acids is 1. The smallest absolute Gasteiger partial charge is 0.222 e. The van der Waals surface area contributed by atoms with E-state index in [2.05, 4.69) is 14.9 Å². The summed E-state index contributed by atoms with van der Waals surface area (Å²) in [5, 5.41) is 8.37. The van der Waals surface area contributed by atoms with E-state index in [1.807, 2.05) is 11.8 Å². The van der Waals surface area contributed by atoms with E-state index in [1.165, 1.54) is 24.4 Å². The molecule has 1 aromatic rings. The number of rotatable bonds is 4. The monoisotopic (exact) mass is 268 g/mol. The van der Waals surface area contributed by atoms with Crippen LogP contribution in [0.15, 0.2) is 0 Å². The number of nitrogens with one attached hydrogen (secondary N) is 1. The maximum atomic E-state index is 12.0. The van der Waals surface area contributed by atoms with Gasteiger partial charge in [-0.05, 0) is 19.8 Å². The Labute approximate surface area is 112 Å². The van der Waals surface area contributed by atoms with Gasteiger partial charge in [-0.15, -0.1) is 5.10 Å². The molecule has 1 aliphatic heterocycles. The van der Waals surface area contributed by atoms with Crippen molar-refractivity contribution in [1.82, 2.24) is 14.5 Å². The fourth-order valence-corrected chi connectivity index (χ4v) is 2.81. The molecule has 0 aliphatic carbocycles. The minimum Gasteiger partial charge on any atom is -0.374 e. The summed E-state index contributed by atoms with van der Waals surface area (Å²) in [5.74, 6) is 0.255. The van der Waals surface area contributed by atoms with Gasteiger partial charge in [0.15, 0.2) is 0 Å². The highest BCUT2D eigenvalue weighted by Crippen LogP contribution is 2.21. The lowest BCUT2D eigenvalue weighted by Crippen LogP contribution is -2.32. The molecule has 2 rings (SSSR count). The van der Waals surface area contributed by atoms with Crippen molar-refractivity contribution < 1.29 is 4.79 Å². The summed E-state index contributed by atoms with van der Waals surface area (Å²) in [5.41, 5.74) is 0.899. The molecule has 1 N–H and O–H groups in total. The van der Waals surface area contributed by atoms with E-state index in [1.54, 1.807) is 0 Å². The molecule has 1 fully saturated rings. The van der Waals surface area contributed by atoms with E-state index in [9.17, 15) is 4.79 Å². The molecule has 5 nitrogen and oxygen atoms in total. The highest BCUT2D eigenvalue weighted by atomic mass is 32.1. The Morgan fingerprint density at radius 2 is 2.17 bits per heavy atom. The van der Waals surface area contributed by atoms with Crippen LogP contribution in [0.2, 0.25) is 0 Å². The van der Waals surface area contributed by atoms with E-state index in [4.69, 9.17) is 0 Å². The lowest BCUT2D eigenvalue weighted by molar-refractivity contribution is -0.132. The zero-order chi connectivity index (χ0) is 12.8. The molecule has 0 spiro atoms. The highest BCUT2D eigenvalue weighted by molar-refractivity contribution is 7.10. The standard InChI is InChI=1S/C12H20N4OS/c1-2-13-12-10(14-15-18-12)9-16-8-6-4-3-5-7-11(16)17/h13H,2-9H2,1H3. The first-order chi connectivity index (χ1) is 8.81. The molecule has 2 heterocycles. The molecule has 1 aromatic heterocycles. The first kappa shape index (κ1) is 13.3. The van der Waals surface area contributed by atoms with Gasteiger partial charge in [-0.25, -0.2) is 0 Å². The average Bonchev–Trinajstić information content (AvgIpc) is 2.77. The second-order valence-electron chi connectivity index (χ2n) is 4.56. The number of carbonyl (C=O) groups is 1. The quantitative estimate of drug-likeness (QED) is 0.910. The van der Waals surface area contributed by atoms with Crippen molar-refractivity contribution in [3.63, 3.8) is 0 Å². The summed E-state index contributed by atoms with van der Waals surface area (Å²) >= 11 is 1.36. The highest BCUT2D eigenvalue weighted by Gasteiger charge is 2.18. The van der Waals surface area contributed by atoms with E-state index >= 15 is 0 Å². The number of nitrogens with zero attached hydrogens (tertiary/aromatic N) is 3. The van der Waals surface area contributed by atoms with Crippen LogP contribution in [-0.4, -0.2) is 33.5 Å². The molecule has 0 bridgehead atoms. The maximum Gasteiger partial charge on any atom is 0.222 e. The van der Waals surface area contributed by atoms with Gasteiger partial charge in [-0.2, -0.15) is 0 Å². The Morgan fingerprint density at radius 1 is 1.33 bits per heavy atom. The lowest BCUT2D eigenvalue weighted by Gasteiger charge is -2.24. The molecule has 100 valence electrons. The van der Waals surface area contributed by atoms with Crippen LogP contribution in [0, 0.1) is 0 Å². The summed E-state index contributed by atoms with van der Waals surface area (Å²) in [6.45, 7) is 4.34. The van der Waals surface area contributed by atoms with E-state index in [0.29, 0.717) is 13.0 Å². The van der Waals surface area contributed by atoms with Crippen molar-refractivity contribution in [2.24, 2.45) is 0 Å². The Hall–Kier alpha value is -1.17. The SMILES string of the molecule is CCNc1snnc1CN1CCCCCCC1=O. The van der Waals surface area contributed by atoms with Gasteiger partial charge in [-0.3, -0.25) is 4.79 Å². The molecule has 0 saturated carbocycles. The number of hydrogen-bond donors (Lipinski definition) is 1. The van der Waals surface area contributed by atoms with Gasteiger partial charge in [0, 0.05) is 31.0 Å². The van der Waals surface area contributed by atoms with Crippen LogP contribution >= 0.6 is 11.5 Å². The molecule has 18 heavy (non-hydrogen) atoms. The van der Waals surface area contributed by atoms with Crippen molar-refractivity contribution in [3.05, 3.63) is 5.69 Å². The molecular formula is C12H20N4OS. The minimum absolute atomic E-state index is 0.255. The second kappa shape index (κ2) is 6.68. The molecule has 0 unspecified atom stereocenters. The molecule has 0 aromatic carbocycles. The van der Waals surface area contributed by atoms with Crippen LogP contribution in [-0.2, 0) is 11.3 Å². The molecule has 0 atom stereocenters. The van der Waals surface area contributed by atoms with Crippen LogP contribution in [0.25, 0.3) is 0 Å². The minimum atomic E-state index is 0.255. The Bertz CT molecular complexity index is 393. The van der Waals surface area contributed by atoms with E-state index < -0.39 is 0 Å². The first-order valence-corrected chi connectivity index (χ1v) is 7.41. The van der Waals surface area contributed by atoms with Crippen LogP contribution in [0.5, 0.6) is 0 Å². The number of amides is 1. The normalized spacial score (nSPS) is 17.4. The van der Waals surface area contributed by atoms with Gasteiger partial charge in [-0.1, -0.05) is 17.3 Å². The number of aromatic nitrogens is 2. The predicted octanol–water partition coefficient (Wildman–Crippen LogP) is 2.26. The van der Waals surface area contributed by atoms with Crippen molar-refractivity contribution in [3.8, 4) is 0 Å². The predicted molar refractivity (Wildman–Crippen MR) is 72.6 cm³/mol. The third-order valence-electron chi connectivity index (χ3n) is 3.16. The van der Waals surface area contributed by atoms with Crippen LogP contribution < -0.4 is 5.32 Å². The second-order valence-corrected chi connectivity index (χ2v) is 5.31. The van der Waals surface area contributed by atoms with Gasteiger partial charge < -0.3 is 10.2 Å². The van der Waals surface area contributed by atoms with Gasteiger partial charge in [0.25, 0.3) is 0 Å². The molecular weight excluding hydrogens is 248 g/mol. The van der Waals surface area contributed by atoms with Gasteiger partial charge in [0.2, 0.25) is 5.91 Å². The average molecular weight is 268 g/mol. The molecule has 1 aliphatic rings. The van der Waals surface area contributed by atoms with Gasteiger partial charge in [0.05, 0.1) is 6.54 Å². The molecule has 6 heteroatoms.